The molecule has 0 bridgehead atoms. The number of aliphatic carboxylic acids is 1. The highest BCUT2D eigenvalue weighted by Crippen LogP contribution is 2.24. The van der Waals surface area contributed by atoms with Crippen LogP contribution in [0.2, 0.25) is 0 Å². The van der Waals surface area contributed by atoms with Gasteiger partial charge in [-0.05, 0) is 49.4 Å². The molecule has 1 unspecified atom stereocenters. The summed E-state index contributed by atoms with van der Waals surface area (Å²) in [6, 6.07) is 6.16. The lowest BCUT2D eigenvalue weighted by molar-refractivity contribution is -0.145. The number of benzene rings is 1. The molecule has 4 heteroatoms. The maximum atomic E-state index is 10.9. The second-order valence-electron chi connectivity index (χ2n) is 6.09. The number of hydrogen-bond donors (Lipinski definition) is 1. The van der Waals surface area contributed by atoms with Crippen molar-refractivity contribution in [3.63, 3.8) is 0 Å². The topological polar surface area (TPSA) is 49.8 Å². The Balaban J connectivity index is 1.61. The molecule has 1 fully saturated rings. The zero-order valence-corrected chi connectivity index (χ0v) is 13.1. The normalized spacial score (nSPS) is 17.3. The van der Waals surface area contributed by atoms with Crippen LogP contribution in [0.3, 0.4) is 0 Å². The first-order valence-corrected chi connectivity index (χ1v) is 7.62. The molecule has 0 radical (unpaired) electrons. The summed E-state index contributed by atoms with van der Waals surface area (Å²) in [5, 5.41) is 8.95. The molecule has 0 saturated carbocycles. The van der Waals surface area contributed by atoms with Crippen molar-refractivity contribution < 1.29 is 14.6 Å². The third-order valence-electron chi connectivity index (χ3n) is 4.45. The average molecular weight is 291 g/mol. The largest absolute Gasteiger partial charge is 0.494 e. The van der Waals surface area contributed by atoms with Gasteiger partial charge in [0.15, 0.2) is 0 Å². The van der Waals surface area contributed by atoms with E-state index in [0.717, 1.165) is 31.8 Å². The fourth-order valence-electron chi connectivity index (χ4n) is 2.59. The molecule has 1 heterocycles. The molecule has 1 aromatic carbocycles. The summed E-state index contributed by atoms with van der Waals surface area (Å²) in [7, 11) is 0. The van der Waals surface area contributed by atoms with Crippen LogP contribution < -0.4 is 4.74 Å². The quantitative estimate of drug-likeness (QED) is 0.785. The van der Waals surface area contributed by atoms with Gasteiger partial charge in [-0.15, -0.1) is 0 Å². The van der Waals surface area contributed by atoms with E-state index in [2.05, 4.69) is 30.9 Å². The summed E-state index contributed by atoms with van der Waals surface area (Å²) < 4.78 is 5.75. The number of hydrogen-bond acceptors (Lipinski definition) is 3. The molecular formula is C17H25NO3. The van der Waals surface area contributed by atoms with E-state index in [4.69, 9.17) is 9.84 Å². The minimum Gasteiger partial charge on any atom is -0.494 e. The highest BCUT2D eigenvalue weighted by atomic mass is 16.5. The smallest absolute Gasteiger partial charge is 0.306 e. The Hall–Kier alpha value is -1.55. The number of rotatable bonds is 7. The third-order valence-corrected chi connectivity index (χ3v) is 4.45. The van der Waals surface area contributed by atoms with Crippen LogP contribution in [0.1, 0.15) is 24.5 Å². The van der Waals surface area contributed by atoms with Crippen molar-refractivity contribution in [1.29, 1.82) is 0 Å². The number of carbonyl (C=O) groups is 1. The van der Waals surface area contributed by atoms with Gasteiger partial charge in [0.25, 0.3) is 0 Å². The van der Waals surface area contributed by atoms with Gasteiger partial charge in [-0.3, -0.25) is 4.79 Å². The van der Waals surface area contributed by atoms with E-state index in [9.17, 15) is 4.79 Å². The van der Waals surface area contributed by atoms with Gasteiger partial charge in [-0.1, -0.05) is 13.0 Å². The van der Waals surface area contributed by atoms with Crippen LogP contribution in [-0.4, -0.2) is 42.2 Å². The molecule has 21 heavy (non-hydrogen) atoms. The number of likely N-dealkylation sites (tertiary alicyclic amines) is 1. The monoisotopic (exact) mass is 291 g/mol. The van der Waals surface area contributed by atoms with Crippen LogP contribution in [0.15, 0.2) is 18.2 Å². The molecule has 2 rings (SSSR count). The predicted molar refractivity (Wildman–Crippen MR) is 82.8 cm³/mol. The van der Waals surface area contributed by atoms with Crippen LogP contribution in [0, 0.1) is 25.7 Å². The van der Waals surface area contributed by atoms with E-state index in [1.54, 1.807) is 6.92 Å². The number of carboxylic acids is 1. The number of ether oxygens (including phenoxy) is 1. The van der Waals surface area contributed by atoms with Crippen molar-refractivity contribution in [2.75, 3.05) is 26.2 Å². The molecular weight excluding hydrogens is 266 g/mol. The maximum absolute atomic E-state index is 10.9. The van der Waals surface area contributed by atoms with Crippen LogP contribution in [0.5, 0.6) is 5.75 Å². The van der Waals surface area contributed by atoms with Gasteiger partial charge in [0.05, 0.1) is 12.5 Å². The van der Waals surface area contributed by atoms with Gasteiger partial charge < -0.3 is 14.7 Å². The van der Waals surface area contributed by atoms with Crippen LogP contribution in [-0.2, 0) is 4.79 Å². The molecule has 1 N–H and O–H groups in total. The summed E-state index contributed by atoms with van der Waals surface area (Å²) in [5.74, 6) is 0.327. The van der Waals surface area contributed by atoms with Crippen molar-refractivity contribution in [3.8, 4) is 5.75 Å². The first-order chi connectivity index (χ1) is 9.97. The lowest BCUT2D eigenvalue weighted by atomic mass is 9.87. The zero-order valence-electron chi connectivity index (χ0n) is 13.1. The molecule has 1 aromatic rings. The van der Waals surface area contributed by atoms with Crippen molar-refractivity contribution in [3.05, 3.63) is 29.3 Å². The van der Waals surface area contributed by atoms with Gasteiger partial charge in [-0.25, -0.2) is 0 Å². The van der Waals surface area contributed by atoms with E-state index < -0.39 is 5.97 Å². The molecule has 116 valence electrons. The molecule has 0 aromatic heterocycles. The fourth-order valence-corrected chi connectivity index (χ4v) is 2.59. The predicted octanol–water partition coefficient (Wildman–Crippen LogP) is 2.72. The van der Waals surface area contributed by atoms with Crippen molar-refractivity contribution in [1.82, 2.24) is 4.90 Å². The van der Waals surface area contributed by atoms with Gasteiger partial charge in [0.2, 0.25) is 0 Å². The Bertz CT molecular complexity index is 495. The van der Waals surface area contributed by atoms with E-state index in [-0.39, 0.29) is 5.92 Å². The Morgan fingerprint density at radius 1 is 1.38 bits per heavy atom. The molecule has 0 spiro atoms. The molecule has 1 aliphatic heterocycles. The van der Waals surface area contributed by atoms with E-state index in [1.807, 2.05) is 6.07 Å². The first-order valence-electron chi connectivity index (χ1n) is 7.62. The minimum atomic E-state index is -0.683. The van der Waals surface area contributed by atoms with E-state index in [1.165, 1.54) is 11.1 Å². The molecule has 0 amide bonds. The Morgan fingerprint density at radius 2 is 2.10 bits per heavy atom. The van der Waals surface area contributed by atoms with Crippen molar-refractivity contribution in [2.45, 2.75) is 27.2 Å². The van der Waals surface area contributed by atoms with Crippen molar-refractivity contribution in [2.24, 2.45) is 11.8 Å². The lowest BCUT2D eigenvalue weighted by Crippen LogP contribution is -2.51. The Kier molecular flexibility index (Phi) is 5.23. The standard InChI is InChI=1S/C17H25NO3/c1-12-5-6-16(9-13(12)2)21-8-4-7-18-10-15(11-18)14(3)17(19)20/h5-6,9,14-15H,4,7-8,10-11H2,1-3H3,(H,19,20). The second-order valence-corrected chi connectivity index (χ2v) is 6.09. The summed E-state index contributed by atoms with van der Waals surface area (Å²) >= 11 is 0. The van der Waals surface area contributed by atoms with Gasteiger partial charge >= 0.3 is 5.97 Å². The SMILES string of the molecule is Cc1ccc(OCCCN2CC(C(C)C(=O)O)C2)cc1C. The number of aryl methyl sites for hydroxylation is 2. The minimum absolute atomic E-state index is 0.229. The zero-order chi connectivity index (χ0) is 15.4. The van der Waals surface area contributed by atoms with Crippen LogP contribution in [0.4, 0.5) is 0 Å². The first kappa shape index (κ1) is 15.8. The van der Waals surface area contributed by atoms with Gasteiger partial charge in [0, 0.05) is 19.6 Å². The number of nitrogens with zero attached hydrogens (tertiary/aromatic N) is 1. The van der Waals surface area contributed by atoms with Gasteiger partial charge in [-0.2, -0.15) is 0 Å². The van der Waals surface area contributed by atoms with E-state index in [0.29, 0.717) is 12.5 Å². The second kappa shape index (κ2) is 6.94. The summed E-state index contributed by atoms with van der Waals surface area (Å²) in [6.45, 7) is 9.47. The molecule has 1 saturated heterocycles. The maximum Gasteiger partial charge on any atom is 0.306 e. The molecule has 4 nitrogen and oxygen atoms in total. The van der Waals surface area contributed by atoms with Gasteiger partial charge in [0.1, 0.15) is 5.75 Å². The third kappa shape index (κ3) is 4.21. The van der Waals surface area contributed by atoms with Crippen molar-refractivity contribution >= 4 is 5.97 Å². The highest BCUT2D eigenvalue weighted by molar-refractivity contribution is 5.70. The Labute approximate surface area is 126 Å². The Morgan fingerprint density at radius 3 is 2.71 bits per heavy atom. The summed E-state index contributed by atoms with van der Waals surface area (Å²) in [6.07, 6.45) is 0.973. The fraction of sp³-hybridized carbons (Fsp3) is 0.588. The lowest BCUT2D eigenvalue weighted by Gasteiger charge is -2.41. The summed E-state index contributed by atoms with van der Waals surface area (Å²) in [5.41, 5.74) is 2.53. The molecule has 1 aliphatic rings. The van der Waals surface area contributed by atoms with Crippen LogP contribution >= 0.6 is 0 Å². The number of carboxylic acid groups (broad SMARTS) is 1. The van der Waals surface area contributed by atoms with Crippen LogP contribution in [0.25, 0.3) is 0 Å². The molecule has 1 atom stereocenters. The summed E-state index contributed by atoms with van der Waals surface area (Å²) in [4.78, 5) is 13.2. The highest BCUT2D eigenvalue weighted by Gasteiger charge is 2.33. The average Bonchev–Trinajstić information content (AvgIpc) is 2.39. The van der Waals surface area contributed by atoms with E-state index >= 15 is 0 Å². The molecule has 0 aliphatic carbocycles.